The lowest BCUT2D eigenvalue weighted by molar-refractivity contribution is -0.119. The van der Waals surface area contributed by atoms with Crippen LogP contribution in [0.25, 0.3) is 0 Å². The van der Waals surface area contributed by atoms with E-state index in [4.69, 9.17) is 28.9 Å². The summed E-state index contributed by atoms with van der Waals surface area (Å²) in [6.45, 7) is 6.74. The molecule has 1 aliphatic heterocycles. The van der Waals surface area contributed by atoms with Crippen molar-refractivity contribution in [3.05, 3.63) is 33.8 Å². The maximum atomic E-state index is 11.2. The van der Waals surface area contributed by atoms with Gasteiger partial charge in [-0.25, -0.2) is 0 Å². The summed E-state index contributed by atoms with van der Waals surface area (Å²) in [6.07, 6.45) is 2.50. The van der Waals surface area contributed by atoms with Gasteiger partial charge in [0.05, 0.1) is 10.0 Å². The van der Waals surface area contributed by atoms with Crippen molar-refractivity contribution >= 4 is 59.0 Å². The Balaban J connectivity index is 0.00000364. The number of aliphatic imine (C=N–C) groups is 1. The summed E-state index contributed by atoms with van der Waals surface area (Å²) < 4.78 is 0. The number of piperidine rings is 1. The molecule has 8 heteroatoms. The molecule has 1 aromatic rings. The number of nitrogens with one attached hydrogen (secondary N) is 1. The van der Waals surface area contributed by atoms with E-state index in [-0.39, 0.29) is 35.3 Å². The molecule has 0 saturated carbocycles. The second-order valence-electron chi connectivity index (χ2n) is 7.54. The number of amides is 1. The van der Waals surface area contributed by atoms with Crippen LogP contribution in [-0.4, -0.2) is 43.4 Å². The zero-order valence-electron chi connectivity index (χ0n) is 16.1. The van der Waals surface area contributed by atoms with Crippen molar-refractivity contribution in [2.24, 2.45) is 16.6 Å². The number of likely N-dealkylation sites (tertiary alicyclic amines) is 1. The first-order valence-electron chi connectivity index (χ1n) is 8.92. The van der Waals surface area contributed by atoms with Crippen LogP contribution in [0.4, 0.5) is 0 Å². The van der Waals surface area contributed by atoms with Gasteiger partial charge in [-0.05, 0) is 36.5 Å². The highest BCUT2D eigenvalue weighted by Crippen LogP contribution is 2.29. The molecule has 0 radical (unpaired) electrons. The lowest BCUT2D eigenvalue weighted by atomic mass is 9.84. The van der Waals surface area contributed by atoms with E-state index >= 15 is 0 Å². The Morgan fingerprint density at radius 3 is 2.67 bits per heavy atom. The highest BCUT2D eigenvalue weighted by atomic mass is 127. The van der Waals surface area contributed by atoms with Crippen molar-refractivity contribution in [3.63, 3.8) is 0 Å². The first kappa shape index (κ1) is 24.3. The summed E-state index contributed by atoms with van der Waals surface area (Å²) >= 11 is 12.2. The first-order chi connectivity index (χ1) is 12.2. The van der Waals surface area contributed by atoms with Gasteiger partial charge in [0.15, 0.2) is 5.96 Å². The molecule has 1 unspecified atom stereocenters. The number of rotatable bonds is 5. The van der Waals surface area contributed by atoms with Gasteiger partial charge in [0.1, 0.15) is 0 Å². The molecule has 0 aromatic heterocycles. The predicted octanol–water partition coefficient (Wildman–Crippen LogP) is 4.05. The van der Waals surface area contributed by atoms with E-state index in [0.717, 1.165) is 37.5 Å². The zero-order valence-corrected chi connectivity index (χ0v) is 19.9. The van der Waals surface area contributed by atoms with Crippen molar-refractivity contribution in [1.82, 2.24) is 10.2 Å². The predicted molar refractivity (Wildman–Crippen MR) is 124 cm³/mol. The Morgan fingerprint density at radius 1 is 1.37 bits per heavy atom. The number of nitrogens with zero attached hydrogens (tertiary/aromatic N) is 2. The second-order valence-corrected chi connectivity index (χ2v) is 8.35. The van der Waals surface area contributed by atoms with Crippen molar-refractivity contribution < 1.29 is 4.79 Å². The molecule has 1 amide bonds. The molecule has 3 N–H and O–H groups in total. The smallest absolute Gasteiger partial charge is 0.217 e. The van der Waals surface area contributed by atoms with Crippen molar-refractivity contribution in [1.29, 1.82) is 0 Å². The van der Waals surface area contributed by atoms with Crippen molar-refractivity contribution in [3.8, 4) is 0 Å². The topological polar surface area (TPSA) is 70.7 Å². The van der Waals surface area contributed by atoms with Gasteiger partial charge in [0.25, 0.3) is 0 Å². The van der Waals surface area contributed by atoms with Gasteiger partial charge in [-0.2, -0.15) is 0 Å². The number of carbonyl (C=O) groups excluding carboxylic acids is 1. The quantitative estimate of drug-likeness (QED) is 0.345. The largest absolute Gasteiger partial charge is 0.370 e. The van der Waals surface area contributed by atoms with E-state index < -0.39 is 0 Å². The van der Waals surface area contributed by atoms with Gasteiger partial charge >= 0.3 is 0 Å². The molecule has 152 valence electrons. The van der Waals surface area contributed by atoms with E-state index in [0.29, 0.717) is 28.9 Å². The molecule has 1 heterocycles. The monoisotopic (exact) mass is 526 g/mol. The molecule has 1 fully saturated rings. The molecule has 0 aliphatic carbocycles. The van der Waals surface area contributed by atoms with E-state index in [9.17, 15) is 4.79 Å². The first-order valence-corrected chi connectivity index (χ1v) is 9.68. The highest BCUT2D eigenvalue weighted by molar-refractivity contribution is 14.0. The van der Waals surface area contributed by atoms with Crippen LogP contribution in [0.1, 0.15) is 38.7 Å². The summed E-state index contributed by atoms with van der Waals surface area (Å²) in [5.41, 5.74) is 6.32. The van der Waals surface area contributed by atoms with Crippen LogP contribution in [0.2, 0.25) is 10.0 Å². The van der Waals surface area contributed by atoms with E-state index in [2.05, 4.69) is 29.1 Å². The van der Waals surface area contributed by atoms with Gasteiger partial charge in [-0.15, -0.1) is 24.0 Å². The summed E-state index contributed by atoms with van der Waals surface area (Å²) in [6, 6.07) is 5.75. The summed E-state index contributed by atoms with van der Waals surface area (Å²) in [7, 11) is 1.78. The molecular formula is C19H29Cl2IN4O. The van der Waals surface area contributed by atoms with E-state index in [1.807, 2.05) is 18.2 Å². The Labute approximate surface area is 189 Å². The minimum absolute atomic E-state index is 0. The van der Waals surface area contributed by atoms with Crippen LogP contribution in [0.3, 0.4) is 0 Å². The summed E-state index contributed by atoms with van der Waals surface area (Å²) in [5, 5.41) is 4.59. The third kappa shape index (κ3) is 6.98. The fourth-order valence-corrected chi connectivity index (χ4v) is 3.66. The number of benzene rings is 1. The van der Waals surface area contributed by atoms with Gasteiger partial charge in [-0.1, -0.05) is 43.1 Å². The molecule has 0 bridgehead atoms. The number of hydrogen-bond donors (Lipinski definition) is 2. The number of halogens is 3. The van der Waals surface area contributed by atoms with Crippen molar-refractivity contribution in [2.75, 3.05) is 26.7 Å². The van der Waals surface area contributed by atoms with Gasteiger partial charge in [0.2, 0.25) is 5.91 Å². The fourth-order valence-electron chi connectivity index (χ4n) is 3.36. The van der Waals surface area contributed by atoms with Crippen LogP contribution in [0, 0.1) is 5.92 Å². The Morgan fingerprint density at radius 2 is 2.07 bits per heavy atom. The van der Waals surface area contributed by atoms with Gasteiger partial charge < -0.3 is 16.0 Å². The van der Waals surface area contributed by atoms with Crippen LogP contribution in [0.5, 0.6) is 0 Å². The number of guanidine groups is 1. The minimum atomic E-state index is -0.236. The molecule has 1 atom stereocenters. The maximum absolute atomic E-state index is 11.2. The Bertz CT molecular complexity index is 682. The molecule has 5 nitrogen and oxygen atoms in total. The number of nitrogens with two attached hydrogens (primary N) is 1. The third-order valence-corrected chi connectivity index (χ3v) is 5.65. The normalized spacial score (nSPS) is 18.0. The summed E-state index contributed by atoms with van der Waals surface area (Å²) in [4.78, 5) is 17.8. The fraction of sp³-hybridized carbons (Fsp3) is 0.579. The van der Waals surface area contributed by atoms with E-state index in [1.54, 1.807) is 7.05 Å². The third-order valence-electron chi connectivity index (χ3n) is 4.91. The van der Waals surface area contributed by atoms with Gasteiger partial charge in [0, 0.05) is 38.5 Å². The molecule has 1 aromatic carbocycles. The number of hydrogen-bond acceptors (Lipinski definition) is 2. The van der Waals surface area contributed by atoms with Crippen LogP contribution in [-0.2, 0) is 10.2 Å². The zero-order chi connectivity index (χ0) is 19.3. The Hall–Kier alpha value is -0.730. The SMILES string of the molecule is CN=C(NCC(C)(C)c1ccc(Cl)c(Cl)c1)N1CCCC(CC(N)=O)C1.I. The second kappa shape index (κ2) is 10.7. The Kier molecular flexibility index (Phi) is 9.65. The number of carbonyl (C=O) groups is 1. The maximum Gasteiger partial charge on any atom is 0.217 e. The molecule has 1 aliphatic rings. The van der Waals surface area contributed by atoms with Crippen LogP contribution >= 0.6 is 47.2 Å². The molecule has 0 spiro atoms. The van der Waals surface area contributed by atoms with Crippen LogP contribution in [0.15, 0.2) is 23.2 Å². The van der Waals surface area contributed by atoms with Crippen molar-refractivity contribution in [2.45, 2.75) is 38.5 Å². The lowest BCUT2D eigenvalue weighted by Gasteiger charge is -2.36. The average Bonchev–Trinajstić information content (AvgIpc) is 2.57. The van der Waals surface area contributed by atoms with Crippen LogP contribution < -0.4 is 11.1 Å². The molecule has 2 rings (SSSR count). The summed E-state index contributed by atoms with van der Waals surface area (Å²) in [5.74, 6) is 0.913. The molecule has 1 saturated heterocycles. The van der Waals surface area contributed by atoms with E-state index in [1.165, 1.54) is 0 Å². The number of primary amides is 1. The highest BCUT2D eigenvalue weighted by Gasteiger charge is 2.26. The molecular weight excluding hydrogens is 498 g/mol. The standard InChI is InChI=1S/C19H28Cl2N4O.HI/c1-19(2,14-6-7-15(20)16(21)10-14)12-24-18(23-3)25-8-4-5-13(11-25)9-17(22)26;/h6-7,10,13H,4-5,8-9,11-12H2,1-3H3,(H2,22,26)(H,23,24);1H. The van der Waals surface area contributed by atoms with Gasteiger partial charge in [-0.3, -0.25) is 9.79 Å². The molecule has 27 heavy (non-hydrogen) atoms. The average molecular weight is 527 g/mol. The lowest BCUT2D eigenvalue weighted by Crippen LogP contribution is -2.49. The minimum Gasteiger partial charge on any atom is -0.370 e.